The first-order valence-electron chi connectivity index (χ1n) is 5.48. The van der Waals surface area contributed by atoms with E-state index in [0.717, 1.165) is 11.6 Å². The highest BCUT2D eigenvalue weighted by atomic mass is 35.5. The molecule has 0 aliphatic rings. The standard InChI is InChI=1S/C13H20ClNO/c1-10(15-9-13(2,3)16-4)11-6-5-7-12(14)8-11/h5-8,10,15H,9H2,1-4H3. The van der Waals surface area contributed by atoms with Crippen molar-refractivity contribution >= 4 is 11.6 Å². The van der Waals surface area contributed by atoms with Crippen LogP contribution in [0.5, 0.6) is 0 Å². The molecule has 0 radical (unpaired) electrons. The van der Waals surface area contributed by atoms with Gasteiger partial charge in [-0.25, -0.2) is 0 Å². The maximum atomic E-state index is 5.95. The average Bonchev–Trinajstić information content (AvgIpc) is 2.26. The molecule has 1 unspecified atom stereocenters. The van der Waals surface area contributed by atoms with Crippen LogP contribution in [0, 0.1) is 0 Å². The van der Waals surface area contributed by atoms with Gasteiger partial charge in [-0.15, -0.1) is 0 Å². The third kappa shape index (κ3) is 4.12. The van der Waals surface area contributed by atoms with E-state index in [1.807, 2.05) is 18.2 Å². The molecular formula is C13H20ClNO. The number of methoxy groups -OCH3 is 1. The fourth-order valence-corrected chi connectivity index (χ4v) is 1.56. The molecule has 1 N–H and O–H groups in total. The van der Waals surface area contributed by atoms with Crippen molar-refractivity contribution in [2.45, 2.75) is 32.4 Å². The second kappa shape index (κ2) is 5.67. The quantitative estimate of drug-likeness (QED) is 0.853. The van der Waals surface area contributed by atoms with Gasteiger partial charge >= 0.3 is 0 Å². The van der Waals surface area contributed by atoms with Crippen LogP contribution >= 0.6 is 11.6 Å². The minimum atomic E-state index is -0.146. The Morgan fingerprint density at radius 2 is 2.12 bits per heavy atom. The summed E-state index contributed by atoms with van der Waals surface area (Å²) in [5.41, 5.74) is 1.05. The lowest BCUT2D eigenvalue weighted by Crippen LogP contribution is -2.37. The molecule has 1 rings (SSSR count). The number of nitrogens with one attached hydrogen (secondary N) is 1. The third-order valence-electron chi connectivity index (χ3n) is 2.74. The Bertz CT molecular complexity index is 338. The highest BCUT2D eigenvalue weighted by molar-refractivity contribution is 6.30. The minimum absolute atomic E-state index is 0.146. The Morgan fingerprint density at radius 3 is 2.69 bits per heavy atom. The number of rotatable bonds is 5. The molecule has 16 heavy (non-hydrogen) atoms. The fourth-order valence-electron chi connectivity index (χ4n) is 1.36. The van der Waals surface area contributed by atoms with E-state index in [0.29, 0.717) is 0 Å². The third-order valence-corrected chi connectivity index (χ3v) is 2.97. The van der Waals surface area contributed by atoms with E-state index < -0.39 is 0 Å². The number of hydrogen-bond donors (Lipinski definition) is 1. The van der Waals surface area contributed by atoms with Crippen molar-refractivity contribution in [3.8, 4) is 0 Å². The Balaban J connectivity index is 2.56. The first kappa shape index (κ1) is 13.5. The van der Waals surface area contributed by atoms with Gasteiger partial charge in [0, 0.05) is 24.7 Å². The average molecular weight is 242 g/mol. The normalized spacial score (nSPS) is 13.8. The molecule has 0 spiro atoms. The van der Waals surface area contributed by atoms with Gasteiger partial charge in [-0.1, -0.05) is 23.7 Å². The van der Waals surface area contributed by atoms with Crippen LogP contribution in [0.1, 0.15) is 32.4 Å². The summed E-state index contributed by atoms with van der Waals surface area (Å²) in [7, 11) is 1.73. The smallest absolute Gasteiger partial charge is 0.0746 e. The molecule has 0 amide bonds. The molecule has 1 aromatic rings. The van der Waals surface area contributed by atoms with E-state index >= 15 is 0 Å². The summed E-state index contributed by atoms with van der Waals surface area (Å²) >= 11 is 5.95. The number of hydrogen-bond acceptors (Lipinski definition) is 2. The predicted molar refractivity (Wildman–Crippen MR) is 69.0 cm³/mol. The number of ether oxygens (including phenoxy) is 1. The van der Waals surface area contributed by atoms with Gasteiger partial charge in [0.2, 0.25) is 0 Å². The topological polar surface area (TPSA) is 21.3 Å². The Kier molecular flexibility index (Phi) is 4.78. The van der Waals surface area contributed by atoms with Gasteiger partial charge in [0.05, 0.1) is 5.60 Å². The van der Waals surface area contributed by atoms with Crippen molar-refractivity contribution < 1.29 is 4.74 Å². The Morgan fingerprint density at radius 1 is 1.44 bits per heavy atom. The maximum Gasteiger partial charge on any atom is 0.0746 e. The van der Waals surface area contributed by atoms with Crippen molar-refractivity contribution in [2.24, 2.45) is 0 Å². The van der Waals surface area contributed by atoms with E-state index in [9.17, 15) is 0 Å². The van der Waals surface area contributed by atoms with Gasteiger partial charge in [-0.05, 0) is 38.5 Å². The largest absolute Gasteiger partial charge is 0.377 e. The molecule has 0 fully saturated rings. The van der Waals surface area contributed by atoms with Gasteiger partial charge in [-0.2, -0.15) is 0 Å². The maximum absolute atomic E-state index is 5.95. The SMILES string of the molecule is COC(C)(C)CNC(C)c1cccc(Cl)c1. The van der Waals surface area contributed by atoms with Gasteiger partial charge in [-0.3, -0.25) is 0 Å². The summed E-state index contributed by atoms with van der Waals surface area (Å²) in [6.45, 7) is 7.05. The zero-order valence-corrected chi connectivity index (χ0v) is 11.1. The number of halogens is 1. The molecule has 0 aliphatic carbocycles. The lowest BCUT2D eigenvalue weighted by molar-refractivity contribution is 0.0214. The highest BCUT2D eigenvalue weighted by Gasteiger charge is 2.17. The first-order chi connectivity index (χ1) is 7.44. The van der Waals surface area contributed by atoms with Crippen LogP contribution < -0.4 is 5.32 Å². The van der Waals surface area contributed by atoms with Crippen LogP contribution in [-0.2, 0) is 4.74 Å². The first-order valence-corrected chi connectivity index (χ1v) is 5.86. The molecule has 0 heterocycles. The Labute approximate surface area is 103 Å². The van der Waals surface area contributed by atoms with Crippen molar-refractivity contribution in [3.63, 3.8) is 0 Å². The molecule has 0 saturated carbocycles. The van der Waals surface area contributed by atoms with Gasteiger partial charge in [0.15, 0.2) is 0 Å². The molecule has 3 heteroatoms. The molecule has 0 bridgehead atoms. The Hall–Kier alpha value is -0.570. The van der Waals surface area contributed by atoms with Crippen LogP contribution in [0.2, 0.25) is 5.02 Å². The summed E-state index contributed by atoms with van der Waals surface area (Å²) in [5, 5.41) is 4.21. The van der Waals surface area contributed by atoms with Gasteiger partial charge in [0.25, 0.3) is 0 Å². The van der Waals surface area contributed by atoms with E-state index in [4.69, 9.17) is 16.3 Å². The lowest BCUT2D eigenvalue weighted by atomic mass is 10.1. The van der Waals surface area contributed by atoms with Crippen molar-refractivity contribution in [2.75, 3.05) is 13.7 Å². The summed E-state index contributed by atoms with van der Waals surface area (Å²) in [6.07, 6.45) is 0. The molecule has 1 atom stereocenters. The van der Waals surface area contributed by atoms with Crippen LogP contribution in [-0.4, -0.2) is 19.3 Å². The van der Waals surface area contributed by atoms with Crippen LogP contribution in [0.25, 0.3) is 0 Å². The molecule has 1 aromatic carbocycles. The molecule has 0 aliphatic heterocycles. The van der Waals surface area contributed by atoms with Crippen LogP contribution in [0.4, 0.5) is 0 Å². The summed E-state index contributed by atoms with van der Waals surface area (Å²) < 4.78 is 5.36. The minimum Gasteiger partial charge on any atom is -0.377 e. The fraction of sp³-hybridized carbons (Fsp3) is 0.538. The molecule has 90 valence electrons. The van der Waals surface area contributed by atoms with E-state index in [1.54, 1.807) is 7.11 Å². The zero-order valence-electron chi connectivity index (χ0n) is 10.4. The van der Waals surface area contributed by atoms with Gasteiger partial charge < -0.3 is 10.1 Å². The lowest BCUT2D eigenvalue weighted by Gasteiger charge is -2.26. The summed E-state index contributed by atoms with van der Waals surface area (Å²) in [4.78, 5) is 0. The van der Waals surface area contributed by atoms with Crippen LogP contribution in [0.15, 0.2) is 24.3 Å². The second-order valence-corrected chi connectivity index (χ2v) is 5.06. The molecule has 0 saturated heterocycles. The van der Waals surface area contributed by atoms with E-state index in [1.165, 1.54) is 5.56 Å². The number of benzene rings is 1. The van der Waals surface area contributed by atoms with Crippen molar-refractivity contribution in [1.82, 2.24) is 5.32 Å². The van der Waals surface area contributed by atoms with Crippen molar-refractivity contribution in [1.29, 1.82) is 0 Å². The molecular weight excluding hydrogens is 222 g/mol. The van der Waals surface area contributed by atoms with E-state index in [-0.39, 0.29) is 11.6 Å². The van der Waals surface area contributed by atoms with Crippen molar-refractivity contribution in [3.05, 3.63) is 34.9 Å². The second-order valence-electron chi connectivity index (χ2n) is 4.62. The van der Waals surface area contributed by atoms with E-state index in [2.05, 4.69) is 32.2 Å². The van der Waals surface area contributed by atoms with Gasteiger partial charge in [0.1, 0.15) is 0 Å². The summed E-state index contributed by atoms with van der Waals surface area (Å²) in [5.74, 6) is 0. The summed E-state index contributed by atoms with van der Waals surface area (Å²) in [6, 6.07) is 8.18. The highest BCUT2D eigenvalue weighted by Crippen LogP contribution is 2.18. The zero-order chi connectivity index (χ0) is 12.2. The van der Waals surface area contributed by atoms with Crippen LogP contribution in [0.3, 0.4) is 0 Å². The molecule has 0 aromatic heterocycles. The molecule has 2 nitrogen and oxygen atoms in total. The monoisotopic (exact) mass is 241 g/mol. The predicted octanol–water partition coefficient (Wildman–Crippen LogP) is 3.42.